The van der Waals surface area contributed by atoms with E-state index >= 15 is 0 Å². The van der Waals surface area contributed by atoms with Gasteiger partial charge in [0.05, 0.1) is 17.6 Å². The standard InChI is InChI=1S/C15H11NO5/c1-21-13-5-2-10(3-6-13)15(18)11-4-7-14(16(19)20)12(8-11)9-17/h2-9H,1H3. The Morgan fingerprint density at radius 2 is 1.76 bits per heavy atom. The maximum Gasteiger partial charge on any atom is 0.279 e. The number of carbonyl (C=O) groups is 2. The Kier molecular flexibility index (Phi) is 4.08. The molecule has 0 saturated carbocycles. The molecule has 2 aromatic carbocycles. The first kappa shape index (κ1) is 14.4. The first-order valence-electron chi connectivity index (χ1n) is 5.99. The summed E-state index contributed by atoms with van der Waals surface area (Å²) in [5, 5.41) is 10.8. The smallest absolute Gasteiger partial charge is 0.279 e. The highest BCUT2D eigenvalue weighted by Crippen LogP contribution is 2.21. The highest BCUT2D eigenvalue weighted by molar-refractivity contribution is 6.10. The van der Waals surface area contributed by atoms with Gasteiger partial charge in [0.2, 0.25) is 0 Å². The van der Waals surface area contributed by atoms with E-state index in [4.69, 9.17) is 4.74 Å². The number of nitro benzene ring substituents is 1. The van der Waals surface area contributed by atoms with Crippen LogP contribution in [0.5, 0.6) is 5.75 Å². The van der Waals surface area contributed by atoms with E-state index in [2.05, 4.69) is 0 Å². The third-order valence-corrected chi connectivity index (χ3v) is 2.97. The summed E-state index contributed by atoms with van der Waals surface area (Å²) >= 11 is 0. The number of ketones is 1. The van der Waals surface area contributed by atoms with Crippen molar-refractivity contribution in [3.8, 4) is 5.75 Å². The van der Waals surface area contributed by atoms with Crippen LogP contribution in [0.3, 0.4) is 0 Å². The summed E-state index contributed by atoms with van der Waals surface area (Å²) in [5.41, 5.74) is 0.171. The van der Waals surface area contributed by atoms with Crippen LogP contribution in [0.15, 0.2) is 42.5 Å². The Bertz CT molecular complexity index is 707. The molecule has 0 bridgehead atoms. The highest BCUT2D eigenvalue weighted by Gasteiger charge is 2.17. The normalized spacial score (nSPS) is 9.95. The molecule has 21 heavy (non-hydrogen) atoms. The summed E-state index contributed by atoms with van der Waals surface area (Å²) in [5.74, 6) is 0.291. The molecule has 0 spiro atoms. The van der Waals surface area contributed by atoms with Crippen LogP contribution < -0.4 is 4.74 Å². The third-order valence-electron chi connectivity index (χ3n) is 2.97. The van der Waals surface area contributed by atoms with E-state index in [1.807, 2.05) is 0 Å². The van der Waals surface area contributed by atoms with Crippen molar-refractivity contribution < 1.29 is 19.2 Å². The average Bonchev–Trinajstić information content (AvgIpc) is 2.53. The number of hydrogen-bond donors (Lipinski definition) is 0. The van der Waals surface area contributed by atoms with Gasteiger partial charge < -0.3 is 4.74 Å². The zero-order valence-corrected chi connectivity index (χ0v) is 11.1. The van der Waals surface area contributed by atoms with Crippen molar-refractivity contribution in [2.75, 3.05) is 7.11 Å². The second kappa shape index (κ2) is 5.96. The van der Waals surface area contributed by atoms with Crippen molar-refractivity contribution in [3.05, 3.63) is 69.3 Å². The number of hydrogen-bond acceptors (Lipinski definition) is 5. The summed E-state index contributed by atoms with van der Waals surface area (Å²) in [6.45, 7) is 0. The van der Waals surface area contributed by atoms with Gasteiger partial charge in [-0.25, -0.2) is 0 Å². The molecule has 6 heteroatoms. The number of ether oxygens (including phenoxy) is 1. The minimum atomic E-state index is -0.661. The first-order chi connectivity index (χ1) is 10.1. The SMILES string of the molecule is COc1ccc(C(=O)c2ccc([N+](=O)[O-])c(C=O)c2)cc1. The van der Waals surface area contributed by atoms with E-state index < -0.39 is 4.92 Å². The Morgan fingerprint density at radius 3 is 2.29 bits per heavy atom. The van der Waals surface area contributed by atoms with E-state index in [1.54, 1.807) is 24.3 Å². The molecule has 0 aromatic heterocycles. The number of nitrogens with zero attached hydrogens (tertiary/aromatic N) is 1. The molecule has 0 atom stereocenters. The Morgan fingerprint density at radius 1 is 1.14 bits per heavy atom. The van der Waals surface area contributed by atoms with E-state index in [1.165, 1.54) is 19.2 Å². The van der Waals surface area contributed by atoms with Gasteiger partial charge in [-0.1, -0.05) is 0 Å². The summed E-state index contributed by atoms with van der Waals surface area (Å²) in [6.07, 6.45) is 0.364. The molecule has 6 nitrogen and oxygen atoms in total. The number of carbonyl (C=O) groups excluding carboxylic acids is 2. The largest absolute Gasteiger partial charge is 0.497 e. The van der Waals surface area contributed by atoms with E-state index in [-0.39, 0.29) is 22.6 Å². The Balaban J connectivity index is 2.38. The number of benzene rings is 2. The fourth-order valence-corrected chi connectivity index (χ4v) is 1.87. The summed E-state index contributed by atoms with van der Waals surface area (Å²) in [6, 6.07) is 10.2. The molecule has 0 heterocycles. The van der Waals surface area contributed by atoms with Crippen molar-refractivity contribution in [1.29, 1.82) is 0 Å². The maximum absolute atomic E-state index is 12.3. The highest BCUT2D eigenvalue weighted by atomic mass is 16.6. The quantitative estimate of drug-likeness (QED) is 0.365. The summed E-state index contributed by atoms with van der Waals surface area (Å²) in [7, 11) is 1.52. The van der Waals surface area contributed by atoms with Gasteiger partial charge in [0, 0.05) is 17.2 Å². The monoisotopic (exact) mass is 285 g/mol. The Labute approximate surface area is 120 Å². The lowest BCUT2D eigenvalue weighted by molar-refractivity contribution is -0.385. The molecule has 0 saturated heterocycles. The zero-order valence-electron chi connectivity index (χ0n) is 11.1. The molecule has 0 N–H and O–H groups in total. The fourth-order valence-electron chi connectivity index (χ4n) is 1.87. The van der Waals surface area contributed by atoms with Crippen molar-refractivity contribution in [2.24, 2.45) is 0 Å². The van der Waals surface area contributed by atoms with Gasteiger partial charge in [-0.15, -0.1) is 0 Å². The molecule has 0 fully saturated rings. The van der Waals surface area contributed by atoms with E-state index in [0.29, 0.717) is 17.6 Å². The first-order valence-corrected chi connectivity index (χ1v) is 5.99. The maximum atomic E-state index is 12.3. The number of methoxy groups -OCH3 is 1. The molecule has 0 amide bonds. The van der Waals surface area contributed by atoms with E-state index in [9.17, 15) is 19.7 Å². The second-order valence-electron chi connectivity index (χ2n) is 4.21. The Hall–Kier alpha value is -3.02. The lowest BCUT2D eigenvalue weighted by Gasteiger charge is -2.04. The molecule has 0 aliphatic carbocycles. The molecular weight excluding hydrogens is 274 g/mol. The van der Waals surface area contributed by atoms with Gasteiger partial charge in [0.25, 0.3) is 5.69 Å². The minimum Gasteiger partial charge on any atom is -0.497 e. The minimum absolute atomic E-state index is 0.126. The van der Waals surface area contributed by atoms with Crippen molar-refractivity contribution in [1.82, 2.24) is 0 Å². The van der Waals surface area contributed by atoms with Crippen molar-refractivity contribution in [3.63, 3.8) is 0 Å². The van der Waals surface area contributed by atoms with Gasteiger partial charge in [-0.05, 0) is 36.4 Å². The van der Waals surface area contributed by atoms with Gasteiger partial charge in [-0.3, -0.25) is 19.7 Å². The second-order valence-corrected chi connectivity index (χ2v) is 4.21. The van der Waals surface area contributed by atoms with Crippen LogP contribution in [-0.4, -0.2) is 24.1 Å². The molecule has 2 rings (SSSR count). The van der Waals surface area contributed by atoms with Gasteiger partial charge in [0.1, 0.15) is 5.75 Å². The van der Waals surface area contributed by atoms with Crippen LogP contribution >= 0.6 is 0 Å². The van der Waals surface area contributed by atoms with Crippen LogP contribution in [0.1, 0.15) is 26.3 Å². The van der Waals surface area contributed by atoms with Crippen LogP contribution in [0, 0.1) is 10.1 Å². The van der Waals surface area contributed by atoms with Crippen LogP contribution in [-0.2, 0) is 0 Å². The molecule has 0 aliphatic rings. The zero-order chi connectivity index (χ0) is 15.4. The predicted octanol–water partition coefficient (Wildman–Crippen LogP) is 2.65. The molecular formula is C15H11NO5. The van der Waals surface area contributed by atoms with Crippen molar-refractivity contribution in [2.45, 2.75) is 0 Å². The topological polar surface area (TPSA) is 86.5 Å². The van der Waals surface area contributed by atoms with E-state index in [0.717, 1.165) is 6.07 Å². The van der Waals surface area contributed by atoms with Crippen molar-refractivity contribution >= 4 is 17.8 Å². The number of nitro groups is 1. The van der Waals surface area contributed by atoms with Gasteiger partial charge in [0.15, 0.2) is 12.1 Å². The lowest BCUT2D eigenvalue weighted by Crippen LogP contribution is -2.03. The number of aldehydes is 1. The molecule has 0 unspecified atom stereocenters. The molecule has 0 aliphatic heterocycles. The molecule has 2 aromatic rings. The van der Waals surface area contributed by atoms with Gasteiger partial charge in [-0.2, -0.15) is 0 Å². The van der Waals surface area contributed by atoms with Crippen LogP contribution in [0.4, 0.5) is 5.69 Å². The lowest BCUT2D eigenvalue weighted by atomic mass is 10.0. The summed E-state index contributed by atoms with van der Waals surface area (Å²) in [4.78, 5) is 33.3. The van der Waals surface area contributed by atoms with Crippen LogP contribution in [0.25, 0.3) is 0 Å². The average molecular weight is 285 g/mol. The fraction of sp³-hybridized carbons (Fsp3) is 0.0667. The van der Waals surface area contributed by atoms with Gasteiger partial charge >= 0.3 is 0 Å². The van der Waals surface area contributed by atoms with Crippen LogP contribution in [0.2, 0.25) is 0 Å². The molecule has 0 radical (unpaired) electrons. The predicted molar refractivity (Wildman–Crippen MR) is 74.9 cm³/mol. The third kappa shape index (κ3) is 2.94. The summed E-state index contributed by atoms with van der Waals surface area (Å²) < 4.78 is 5.00. The molecule has 106 valence electrons. The number of rotatable bonds is 5.